The number of benzene rings is 1. The minimum absolute atomic E-state index is 0.841. The Kier molecular flexibility index (Phi) is 4.22. The van der Waals surface area contributed by atoms with Gasteiger partial charge in [0, 0.05) is 32.7 Å². The number of aromatic nitrogens is 2. The van der Waals surface area contributed by atoms with Gasteiger partial charge in [-0.2, -0.15) is 5.10 Å². The van der Waals surface area contributed by atoms with Gasteiger partial charge in [0.05, 0.1) is 5.69 Å². The van der Waals surface area contributed by atoms with Crippen molar-refractivity contribution in [3.63, 3.8) is 0 Å². The van der Waals surface area contributed by atoms with E-state index in [1.807, 2.05) is 24.8 Å². The molecule has 0 aliphatic rings. The minimum Gasteiger partial charge on any atom is -0.355 e. The van der Waals surface area contributed by atoms with E-state index in [2.05, 4.69) is 53.6 Å². The lowest BCUT2D eigenvalue weighted by Gasteiger charge is -2.21. The van der Waals surface area contributed by atoms with Gasteiger partial charge in [0.15, 0.2) is 0 Å². The highest BCUT2D eigenvalue weighted by Crippen LogP contribution is 2.23. The van der Waals surface area contributed by atoms with Crippen molar-refractivity contribution in [2.24, 2.45) is 7.05 Å². The molecule has 1 N–H and O–H groups in total. The quantitative estimate of drug-likeness (QED) is 0.891. The molecule has 1 aromatic heterocycles. The maximum atomic E-state index is 4.53. The summed E-state index contributed by atoms with van der Waals surface area (Å²) in [4.78, 5) is 2.25. The standard InChI is InChI=1S/C15H22N4/c1-12-14(10-16-2)15(19(4)17-12)18(3)11-13-8-6-5-7-9-13/h5-9,16H,10-11H2,1-4H3. The largest absolute Gasteiger partial charge is 0.355 e. The summed E-state index contributed by atoms with van der Waals surface area (Å²) in [6.45, 7) is 3.79. The highest BCUT2D eigenvalue weighted by Gasteiger charge is 2.16. The third kappa shape index (κ3) is 2.96. The molecular weight excluding hydrogens is 236 g/mol. The lowest BCUT2D eigenvalue weighted by molar-refractivity contribution is 0.723. The zero-order valence-corrected chi connectivity index (χ0v) is 12.1. The molecule has 19 heavy (non-hydrogen) atoms. The normalized spacial score (nSPS) is 10.7. The number of nitrogens with zero attached hydrogens (tertiary/aromatic N) is 3. The van der Waals surface area contributed by atoms with Crippen molar-refractivity contribution in [3.05, 3.63) is 47.2 Å². The molecule has 0 unspecified atom stereocenters. The molecule has 0 spiro atoms. The van der Waals surface area contributed by atoms with Crippen LogP contribution >= 0.6 is 0 Å². The van der Waals surface area contributed by atoms with Gasteiger partial charge in [-0.05, 0) is 19.5 Å². The second-order valence-corrected chi connectivity index (χ2v) is 4.88. The van der Waals surface area contributed by atoms with Gasteiger partial charge in [-0.25, -0.2) is 0 Å². The van der Waals surface area contributed by atoms with E-state index in [1.165, 1.54) is 16.9 Å². The predicted octanol–water partition coefficient (Wildman–Crippen LogP) is 2.08. The van der Waals surface area contributed by atoms with Crippen LogP contribution in [0.15, 0.2) is 30.3 Å². The Hall–Kier alpha value is -1.81. The van der Waals surface area contributed by atoms with Gasteiger partial charge in [0.1, 0.15) is 5.82 Å². The smallest absolute Gasteiger partial charge is 0.131 e. The minimum atomic E-state index is 0.841. The fourth-order valence-corrected chi connectivity index (χ4v) is 2.48. The van der Waals surface area contributed by atoms with Crippen LogP contribution < -0.4 is 10.2 Å². The van der Waals surface area contributed by atoms with Gasteiger partial charge in [-0.15, -0.1) is 0 Å². The zero-order valence-electron chi connectivity index (χ0n) is 12.1. The third-order valence-electron chi connectivity index (χ3n) is 3.29. The summed E-state index contributed by atoms with van der Waals surface area (Å²) >= 11 is 0. The van der Waals surface area contributed by atoms with Crippen LogP contribution in [0.25, 0.3) is 0 Å². The van der Waals surface area contributed by atoms with Crippen LogP contribution in [0, 0.1) is 6.92 Å². The summed E-state index contributed by atoms with van der Waals surface area (Å²) in [6.07, 6.45) is 0. The first kappa shape index (κ1) is 13.6. The topological polar surface area (TPSA) is 33.1 Å². The average Bonchev–Trinajstić information content (AvgIpc) is 2.66. The molecule has 0 radical (unpaired) electrons. The number of nitrogens with one attached hydrogen (secondary N) is 1. The van der Waals surface area contributed by atoms with Crippen molar-refractivity contribution in [2.45, 2.75) is 20.0 Å². The van der Waals surface area contributed by atoms with Gasteiger partial charge in [-0.3, -0.25) is 4.68 Å². The lowest BCUT2D eigenvalue weighted by atomic mass is 10.2. The van der Waals surface area contributed by atoms with Gasteiger partial charge in [0.25, 0.3) is 0 Å². The maximum Gasteiger partial charge on any atom is 0.131 e. The summed E-state index contributed by atoms with van der Waals surface area (Å²) < 4.78 is 1.96. The molecule has 0 bridgehead atoms. The number of hydrogen-bond donors (Lipinski definition) is 1. The Balaban J connectivity index is 2.25. The Morgan fingerprint density at radius 2 is 1.95 bits per heavy atom. The highest BCUT2D eigenvalue weighted by atomic mass is 15.4. The first-order chi connectivity index (χ1) is 9.13. The van der Waals surface area contributed by atoms with Crippen LogP contribution in [0.1, 0.15) is 16.8 Å². The highest BCUT2D eigenvalue weighted by molar-refractivity contribution is 5.50. The van der Waals surface area contributed by atoms with Gasteiger partial charge in [0.2, 0.25) is 0 Å². The summed E-state index contributed by atoms with van der Waals surface area (Å²) in [5.41, 5.74) is 3.66. The molecule has 2 rings (SSSR count). The lowest BCUT2D eigenvalue weighted by Crippen LogP contribution is -2.21. The zero-order chi connectivity index (χ0) is 13.8. The Labute approximate surface area is 115 Å². The number of aryl methyl sites for hydroxylation is 2. The van der Waals surface area contributed by atoms with Crippen molar-refractivity contribution in [3.8, 4) is 0 Å². The van der Waals surface area contributed by atoms with E-state index in [9.17, 15) is 0 Å². The van der Waals surface area contributed by atoms with Crippen molar-refractivity contribution in [2.75, 3.05) is 19.0 Å². The molecule has 2 aromatic rings. The first-order valence-electron chi connectivity index (χ1n) is 6.55. The van der Waals surface area contributed by atoms with E-state index in [1.54, 1.807) is 0 Å². The number of anilines is 1. The fraction of sp³-hybridized carbons (Fsp3) is 0.400. The second kappa shape index (κ2) is 5.89. The van der Waals surface area contributed by atoms with Crippen molar-refractivity contribution < 1.29 is 0 Å². The molecule has 0 amide bonds. The van der Waals surface area contributed by atoms with Gasteiger partial charge < -0.3 is 10.2 Å². The number of rotatable bonds is 5. The Morgan fingerprint density at radius 3 is 2.58 bits per heavy atom. The number of hydrogen-bond acceptors (Lipinski definition) is 3. The average molecular weight is 258 g/mol. The molecule has 0 aliphatic carbocycles. The van der Waals surface area contributed by atoms with Crippen LogP contribution in [0.5, 0.6) is 0 Å². The molecule has 102 valence electrons. The Bertz CT molecular complexity index is 531. The van der Waals surface area contributed by atoms with Crippen LogP contribution in [-0.4, -0.2) is 23.9 Å². The molecular formula is C15H22N4. The summed E-state index contributed by atoms with van der Waals surface area (Å²) in [5, 5.41) is 7.74. The van der Waals surface area contributed by atoms with Gasteiger partial charge in [-0.1, -0.05) is 30.3 Å². The van der Waals surface area contributed by atoms with Gasteiger partial charge >= 0.3 is 0 Å². The fourth-order valence-electron chi connectivity index (χ4n) is 2.48. The maximum absolute atomic E-state index is 4.53. The summed E-state index contributed by atoms with van der Waals surface area (Å²) in [5.74, 6) is 1.18. The molecule has 0 saturated carbocycles. The molecule has 0 fully saturated rings. The first-order valence-corrected chi connectivity index (χ1v) is 6.55. The summed E-state index contributed by atoms with van der Waals surface area (Å²) in [7, 11) is 6.08. The van der Waals surface area contributed by atoms with Crippen LogP contribution in [0.2, 0.25) is 0 Å². The van der Waals surface area contributed by atoms with E-state index in [-0.39, 0.29) is 0 Å². The van der Waals surface area contributed by atoms with Crippen molar-refractivity contribution >= 4 is 5.82 Å². The molecule has 4 nitrogen and oxygen atoms in total. The van der Waals surface area contributed by atoms with E-state index in [0.717, 1.165) is 18.8 Å². The van der Waals surface area contributed by atoms with Crippen LogP contribution in [0.3, 0.4) is 0 Å². The summed E-state index contributed by atoms with van der Waals surface area (Å²) in [6, 6.07) is 10.5. The van der Waals surface area contributed by atoms with E-state index < -0.39 is 0 Å². The Morgan fingerprint density at radius 1 is 1.26 bits per heavy atom. The second-order valence-electron chi connectivity index (χ2n) is 4.88. The van der Waals surface area contributed by atoms with Crippen molar-refractivity contribution in [1.82, 2.24) is 15.1 Å². The molecule has 0 aliphatic heterocycles. The van der Waals surface area contributed by atoms with E-state index in [0.29, 0.717) is 0 Å². The molecule has 1 heterocycles. The predicted molar refractivity (Wildman–Crippen MR) is 79.3 cm³/mol. The molecule has 1 aromatic carbocycles. The van der Waals surface area contributed by atoms with Crippen LogP contribution in [0.4, 0.5) is 5.82 Å². The molecule has 0 saturated heterocycles. The SMILES string of the molecule is CNCc1c(C)nn(C)c1N(C)Cc1ccccc1. The third-order valence-corrected chi connectivity index (χ3v) is 3.29. The van der Waals surface area contributed by atoms with E-state index >= 15 is 0 Å². The molecule has 4 heteroatoms. The van der Waals surface area contributed by atoms with Crippen LogP contribution in [-0.2, 0) is 20.1 Å². The van der Waals surface area contributed by atoms with E-state index in [4.69, 9.17) is 0 Å². The molecule has 0 atom stereocenters. The van der Waals surface area contributed by atoms with Crippen molar-refractivity contribution in [1.29, 1.82) is 0 Å². The monoisotopic (exact) mass is 258 g/mol.